The van der Waals surface area contributed by atoms with E-state index in [0.717, 1.165) is 27.5 Å². The molecule has 14 heteroatoms. The second-order valence-corrected chi connectivity index (χ2v) is 13.6. The summed E-state index contributed by atoms with van der Waals surface area (Å²) in [6.07, 6.45) is 1.95. The summed E-state index contributed by atoms with van der Waals surface area (Å²) in [5.41, 5.74) is 1.31. The van der Waals surface area contributed by atoms with E-state index in [0.29, 0.717) is 16.9 Å². The molecule has 6 atom stereocenters. The van der Waals surface area contributed by atoms with E-state index in [9.17, 15) is 44.5 Å². The first kappa shape index (κ1) is 33.4. The average molecular weight is 715 g/mol. The summed E-state index contributed by atoms with van der Waals surface area (Å²) in [5.74, 6) is -7.60. The Labute approximate surface area is 301 Å². The molecule has 0 unspecified atom stereocenters. The number of hydrogen-bond acceptors (Lipinski definition) is 10. The normalized spacial score (nSPS) is 24.7. The fourth-order valence-electron chi connectivity index (χ4n) is 8.55. The van der Waals surface area contributed by atoms with E-state index in [1.165, 1.54) is 42.5 Å². The zero-order valence-electron chi connectivity index (χ0n) is 27.8. The van der Waals surface area contributed by atoms with Crippen molar-refractivity contribution in [2.75, 3.05) is 9.80 Å². The van der Waals surface area contributed by atoms with Crippen LogP contribution in [-0.4, -0.2) is 38.6 Å². The van der Waals surface area contributed by atoms with Crippen molar-refractivity contribution in [3.05, 3.63) is 140 Å². The van der Waals surface area contributed by atoms with Crippen LogP contribution < -0.4 is 14.5 Å². The molecule has 0 spiro atoms. The highest BCUT2D eigenvalue weighted by atomic mass is 16.6. The molecule has 0 aromatic heterocycles. The van der Waals surface area contributed by atoms with E-state index in [1.54, 1.807) is 12.1 Å². The number of fused-ring (bicyclic) bond motifs is 4. The van der Waals surface area contributed by atoms with Crippen LogP contribution in [-0.2, 0) is 25.8 Å². The van der Waals surface area contributed by atoms with Gasteiger partial charge in [0.05, 0.1) is 44.9 Å². The predicted molar refractivity (Wildman–Crippen MR) is 188 cm³/mol. The van der Waals surface area contributed by atoms with Gasteiger partial charge in [0.1, 0.15) is 18.1 Å². The van der Waals surface area contributed by atoms with Crippen LogP contribution in [0.15, 0.2) is 109 Å². The number of carbonyl (C=O) groups is 4. The lowest BCUT2D eigenvalue weighted by Gasteiger charge is -2.44. The van der Waals surface area contributed by atoms with E-state index in [2.05, 4.69) is 0 Å². The summed E-state index contributed by atoms with van der Waals surface area (Å²) in [6, 6.07) is 24.6. The molecular formula is C39H30N4O10. The molecule has 3 fully saturated rings. The maximum absolute atomic E-state index is 14.4. The molecule has 4 amide bonds. The molecule has 2 aliphatic carbocycles. The molecule has 4 aliphatic rings. The minimum absolute atomic E-state index is 0.0188. The van der Waals surface area contributed by atoms with Gasteiger partial charge in [-0.3, -0.25) is 39.4 Å². The van der Waals surface area contributed by atoms with Gasteiger partial charge in [-0.15, -0.1) is 0 Å². The van der Waals surface area contributed by atoms with E-state index in [1.807, 2.05) is 36.4 Å². The standard InChI is InChI=1S/C39H30N4O10/c44-32-18-26(53-20-21-6-2-1-3-7-21)12-13-28(32)33-27-14-15-29-34(38(47)40(36(29)45)22-8-4-10-24(16-22)42(49)50)30(27)19-31-35(33)39(48)41(37(31)46)23-9-5-11-25(17-23)43(51)52/h1-14,16-18,29-31,33-35,44H,15,19-20H2/t29-,30+,31+,33+,34-,35+/m0/s1. The summed E-state index contributed by atoms with van der Waals surface area (Å²) in [6.45, 7) is 0.229. The lowest BCUT2D eigenvalue weighted by atomic mass is 9.57. The molecule has 1 saturated carbocycles. The van der Waals surface area contributed by atoms with Crippen molar-refractivity contribution in [1.82, 2.24) is 0 Å². The number of carbonyl (C=O) groups excluding carboxylic acids is 4. The van der Waals surface area contributed by atoms with Crippen LogP contribution in [0.25, 0.3) is 0 Å². The number of imide groups is 2. The number of phenols is 1. The number of non-ortho nitro benzene ring substituents is 2. The Morgan fingerprint density at radius 1 is 0.679 bits per heavy atom. The van der Waals surface area contributed by atoms with Gasteiger partial charge >= 0.3 is 0 Å². The molecular weight excluding hydrogens is 684 g/mol. The number of benzene rings is 4. The first-order valence-electron chi connectivity index (χ1n) is 17.0. The summed E-state index contributed by atoms with van der Waals surface area (Å²) < 4.78 is 5.92. The Morgan fingerprint density at radius 2 is 1.28 bits per heavy atom. The third-order valence-electron chi connectivity index (χ3n) is 10.8. The number of allylic oxidation sites excluding steroid dienone is 2. The first-order chi connectivity index (χ1) is 25.5. The maximum Gasteiger partial charge on any atom is 0.271 e. The van der Waals surface area contributed by atoms with Crippen molar-refractivity contribution in [3.63, 3.8) is 0 Å². The third kappa shape index (κ3) is 5.50. The van der Waals surface area contributed by atoms with Crippen LogP contribution in [0.4, 0.5) is 22.7 Å². The second kappa shape index (κ2) is 12.8. The van der Waals surface area contributed by atoms with Crippen molar-refractivity contribution in [2.24, 2.45) is 29.6 Å². The SMILES string of the molecule is O=C1[C@H]2[C@H](CC=C3[C@H]2C[C@H]2C(=O)N(c4cccc([N+](=O)[O-])c4)C(=O)[C@H]2[C@H]3c2ccc(OCc3ccccc3)cc2O)C(=O)N1c1cccc([N+](=O)[O-])c1. The lowest BCUT2D eigenvalue weighted by Crippen LogP contribution is -2.43. The zero-order valence-corrected chi connectivity index (χ0v) is 27.8. The minimum atomic E-state index is -1.04. The molecule has 2 heterocycles. The number of aromatic hydroxyl groups is 1. The van der Waals surface area contributed by atoms with Crippen molar-refractivity contribution < 1.29 is 38.9 Å². The number of anilines is 2. The molecule has 2 saturated heterocycles. The summed E-state index contributed by atoms with van der Waals surface area (Å²) in [5, 5.41) is 34.7. The molecule has 2 aliphatic heterocycles. The smallest absolute Gasteiger partial charge is 0.271 e. The Bertz CT molecular complexity index is 2270. The van der Waals surface area contributed by atoms with E-state index in [-0.39, 0.29) is 47.9 Å². The summed E-state index contributed by atoms with van der Waals surface area (Å²) >= 11 is 0. The number of nitro groups is 2. The van der Waals surface area contributed by atoms with Crippen LogP contribution in [0.2, 0.25) is 0 Å². The van der Waals surface area contributed by atoms with Crippen molar-refractivity contribution >= 4 is 46.4 Å². The van der Waals surface area contributed by atoms with Gasteiger partial charge in [-0.1, -0.05) is 60.2 Å². The highest BCUT2D eigenvalue weighted by Gasteiger charge is 2.62. The maximum atomic E-state index is 14.4. The van der Waals surface area contributed by atoms with Crippen LogP contribution in [0.1, 0.15) is 29.9 Å². The number of phenolic OH excluding ortho intramolecular Hbond substituents is 1. The molecule has 266 valence electrons. The average Bonchev–Trinajstić information content (AvgIpc) is 3.57. The quantitative estimate of drug-likeness (QED) is 0.101. The van der Waals surface area contributed by atoms with Crippen molar-refractivity contribution in [3.8, 4) is 11.5 Å². The van der Waals surface area contributed by atoms with Crippen LogP contribution in [0, 0.1) is 49.8 Å². The fourth-order valence-corrected chi connectivity index (χ4v) is 8.55. The van der Waals surface area contributed by atoms with Crippen LogP contribution in [0.5, 0.6) is 11.5 Å². The Hall–Kier alpha value is -6.70. The largest absolute Gasteiger partial charge is 0.508 e. The molecule has 4 aromatic carbocycles. The number of nitro benzene ring substituents is 2. The molecule has 53 heavy (non-hydrogen) atoms. The van der Waals surface area contributed by atoms with Gasteiger partial charge in [0.15, 0.2) is 0 Å². The van der Waals surface area contributed by atoms with Gasteiger partial charge in [-0.25, -0.2) is 9.80 Å². The van der Waals surface area contributed by atoms with Crippen LogP contribution in [0.3, 0.4) is 0 Å². The van der Waals surface area contributed by atoms with Gasteiger partial charge in [0, 0.05) is 41.8 Å². The highest BCUT2D eigenvalue weighted by molar-refractivity contribution is 6.24. The summed E-state index contributed by atoms with van der Waals surface area (Å²) in [4.78, 5) is 80.6. The van der Waals surface area contributed by atoms with Gasteiger partial charge in [0.25, 0.3) is 11.4 Å². The van der Waals surface area contributed by atoms with E-state index < -0.39 is 69.0 Å². The van der Waals surface area contributed by atoms with E-state index >= 15 is 0 Å². The number of nitrogens with zero attached hydrogens (tertiary/aromatic N) is 4. The number of amides is 4. The Kier molecular flexibility index (Phi) is 8.08. The first-order valence-corrected chi connectivity index (χ1v) is 17.0. The monoisotopic (exact) mass is 714 g/mol. The Balaban J connectivity index is 1.20. The Morgan fingerprint density at radius 3 is 1.89 bits per heavy atom. The molecule has 4 aromatic rings. The van der Waals surface area contributed by atoms with Gasteiger partial charge in [-0.05, 0) is 42.5 Å². The number of hydrogen-bond donors (Lipinski definition) is 1. The van der Waals surface area contributed by atoms with Gasteiger partial charge in [-0.2, -0.15) is 0 Å². The van der Waals surface area contributed by atoms with E-state index in [4.69, 9.17) is 4.74 Å². The van der Waals surface area contributed by atoms with Gasteiger partial charge in [0.2, 0.25) is 23.6 Å². The minimum Gasteiger partial charge on any atom is -0.508 e. The topological polar surface area (TPSA) is 190 Å². The molecule has 0 radical (unpaired) electrons. The van der Waals surface area contributed by atoms with Gasteiger partial charge < -0.3 is 9.84 Å². The number of rotatable bonds is 8. The highest BCUT2D eigenvalue weighted by Crippen LogP contribution is 2.59. The lowest BCUT2D eigenvalue weighted by molar-refractivity contribution is -0.385. The number of ether oxygens (including phenoxy) is 1. The second-order valence-electron chi connectivity index (χ2n) is 13.6. The van der Waals surface area contributed by atoms with Crippen molar-refractivity contribution in [1.29, 1.82) is 0 Å². The molecule has 14 nitrogen and oxygen atoms in total. The van der Waals surface area contributed by atoms with Crippen LogP contribution >= 0.6 is 0 Å². The zero-order chi connectivity index (χ0) is 37.1. The van der Waals surface area contributed by atoms with Crippen molar-refractivity contribution in [2.45, 2.75) is 25.4 Å². The third-order valence-corrected chi connectivity index (χ3v) is 10.8. The molecule has 8 rings (SSSR count). The molecule has 0 bridgehead atoms. The fraction of sp³-hybridized carbons (Fsp3) is 0.231. The summed E-state index contributed by atoms with van der Waals surface area (Å²) in [7, 11) is 0. The molecule has 1 N–H and O–H groups in total. The predicted octanol–water partition coefficient (Wildman–Crippen LogP) is 5.83.